The van der Waals surface area contributed by atoms with E-state index in [4.69, 9.17) is 0 Å². The first-order valence-electron chi connectivity index (χ1n) is 9.18. The van der Waals surface area contributed by atoms with Crippen LogP contribution < -0.4 is 10.9 Å². The third-order valence-electron chi connectivity index (χ3n) is 3.81. The Bertz CT molecular complexity index is 813. The summed E-state index contributed by atoms with van der Waals surface area (Å²) in [5, 5.41) is 7.89. The van der Waals surface area contributed by atoms with Crippen molar-refractivity contribution in [3.05, 3.63) is 68.6 Å². The average Bonchev–Trinajstić information content (AvgIpc) is 2.68. The number of hydrogen-bond donors (Lipinski definition) is 2. The molecule has 2 rings (SSSR count). The van der Waals surface area contributed by atoms with Gasteiger partial charge in [-0.2, -0.15) is 10.2 Å². The van der Waals surface area contributed by atoms with Crippen molar-refractivity contribution in [2.75, 3.05) is 0 Å². The minimum absolute atomic E-state index is 0.140. The van der Waals surface area contributed by atoms with E-state index in [1.165, 1.54) is 0 Å². The lowest BCUT2D eigenvalue weighted by Gasteiger charge is -2.01. The summed E-state index contributed by atoms with van der Waals surface area (Å²) in [5.74, 6) is -0.279. The lowest BCUT2D eigenvalue weighted by atomic mass is 10.1. The second-order valence-corrected chi connectivity index (χ2v) is 8.09. The fourth-order valence-electron chi connectivity index (χ4n) is 2.39. The van der Waals surface area contributed by atoms with Crippen LogP contribution >= 0.6 is 31.9 Å². The van der Waals surface area contributed by atoms with Gasteiger partial charge in [-0.25, -0.2) is 10.9 Å². The van der Waals surface area contributed by atoms with Gasteiger partial charge in [0.25, 0.3) is 0 Å². The monoisotopic (exact) mass is 520 g/mol. The molecule has 0 heterocycles. The largest absolute Gasteiger partial charge is 0.273 e. The highest BCUT2D eigenvalue weighted by Crippen LogP contribution is 2.10. The molecule has 0 aliphatic rings. The molecule has 6 nitrogen and oxygen atoms in total. The molecule has 2 aromatic carbocycles. The number of rotatable bonds is 10. The molecule has 0 spiro atoms. The van der Waals surface area contributed by atoms with Crippen LogP contribution in [0.4, 0.5) is 0 Å². The summed E-state index contributed by atoms with van der Waals surface area (Å²) < 4.78 is 1.91. The zero-order chi connectivity index (χ0) is 20.9. The van der Waals surface area contributed by atoms with Crippen LogP contribution in [0.25, 0.3) is 0 Å². The summed E-state index contributed by atoms with van der Waals surface area (Å²) in [6, 6.07) is 15.2. The van der Waals surface area contributed by atoms with E-state index in [0.29, 0.717) is 25.7 Å². The van der Waals surface area contributed by atoms with Crippen molar-refractivity contribution in [2.45, 2.75) is 32.1 Å². The smallest absolute Gasteiger partial charge is 0.240 e. The Labute approximate surface area is 187 Å². The molecular formula is C21H22Br2N4O2. The fraction of sp³-hybridized carbons (Fsp3) is 0.238. The van der Waals surface area contributed by atoms with Crippen LogP contribution in [0.5, 0.6) is 0 Å². The van der Waals surface area contributed by atoms with E-state index in [0.717, 1.165) is 26.5 Å². The van der Waals surface area contributed by atoms with Crippen molar-refractivity contribution in [1.29, 1.82) is 0 Å². The van der Waals surface area contributed by atoms with Crippen LogP contribution in [0.15, 0.2) is 67.7 Å². The van der Waals surface area contributed by atoms with Crippen LogP contribution in [0.2, 0.25) is 0 Å². The Morgan fingerprint density at radius 1 is 0.759 bits per heavy atom. The highest BCUT2D eigenvalue weighted by molar-refractivity contribution is 9.10. The van der Waals surface area contributed by atoms with Crippen molar-refractivity contribution >= 4 is 56.1 Å². The van der Waals surface area contributed by atoms with Crippen LogP contribution in [0.3, 0.4) is 0 Å². The quantitative estimate of drug-likeness (QED) is 0.268. The maximum Gasteiger partial charge on any atom is 0.240 e. The van der Waals surface area contributed by atoms with Gasteiger partial charge in [-0.05, 0) is 48.2 Å². The molecule has 0 radical (unpaired) electrons. The molecule has 0 atom stereocenters. The minimum Gasteiger partial charge on any atom is -0.273 e. The highest BCUT2D eigenvalue weighted by atomic mass is 79.9. The lowest BCUT2D eigenvalue weighted by Crippen LogP contribution is -2.18. The van der Waals surface area contributed by atoms with E-state index in [-0.39, 0.29) is 11.8 Å². The third kappa shape index (κ3) is 10.1. The Hall–Kier alpha value is -2.32. The van der Waals surface area contributed by atoms with Crippen LogP contribution in [-0.4, -0.2) is 24.2 Å². The summed E-state index contributed by atoms with van der Waals surface area (Å²) in [6.07, 6.45) is 6.13. The predicted octanol–water partition coefficient (Wildman–Crippen LogP) is 4.76. The number of hydrogen-bond acceptors (Lipinski definition) is 4. The molecule has 0 aliphatic carbocycles. The number of hydrazone groups is 2. The van der Waals surface area contributed by atoms with Gasteiger partial charge in [-0.1, -0.05) is 62.5 Å². The summed E-state index contributed by atoms with van der Waals surface area (Å²) >= 11 is 6.76. The van der Waals surface area contributed by atoms with E-state index in [1.807, 2.05) is 48.5 Å². The molecule has 0 unspecified atom stereocenters. The molecule has 0 aliphatic heterocycles. The molecule has 152 valence electrons. The van der Waals surface area contributed by atoms with E-state index in [9.17, 15) is 9.59 Å². The topological polar surface area (TPSA) is 82.9 Å². The van der Waals surface area contributed by atoms with Crippen molar-refractivity contribution in [3.63, 3.8) is 0 Å². The second kappa shape index (κ2) is 13.0. The van der Waals surface area contributed by atoms with Gasteiger partial charge >= 0.3 is 0 Å². The van der Waals surface area contributed by atoms with Crippen molar-refractivity contribution in [3.8, 4) is 0 Å². The second-order valence-electron chi connectivity index (χ2n) is 6.26. The molecule has 0 aromatic heterocycles. The molecule has 8 heteroatoms. The number of nitrogens with zero attached hydrogens (tertiary/aromatic N) is 2. The fourth-order valence-corrected chi connectivity index (χ4v) is 3.22. The number of benzene rings is 2. The first-order valence-corrected chi connectivity index (χ1v) is 10.8. The zero-order valence-corrected chi connectivity index (χ0v) is 18.9. The summed E-state index contributed by atoms with van der Waals surface area (Å²) in [4.78, 5) is 23.5. The molecule has 0 fully saturated rings. The van der Waals surface area contributed by atoms with Crippen LogP contribution in [0, 0.1) is 0 Å². The molecule has 2 aromatic rings. The number of carbonyl (C=O) groups excluding carboxylic acids is 2. The molecule has 29 heavy (non-hydrogen) atoms. The first kappa shape index (κ1) is 23.0. The molecule has 0 saturated heterocycles. The van der Waals surface area contributed by atoms with Gasteiger partial charge in [-0.3, -0.25) is 9.59 Å². The Morgan fingerprint density at radius 3 is 1.62 bits per heavy atom. The van der Waals surface area contributed by atoms with Crippen molar-refractivity contribution < 1.29 is 9.59 Å². The standard InChI is InChI=1S/C21H22Br2N4O2/c22-18-8-4-6-16(12-18)14-24-26-20(28)10-2-1-3-11-21(29)27-25-15-17-7-5-9-19(23)13-17/h4-9,12-15H,1-3,10-11H2,(H,26,28)(H,27,29). The van der Waals surface area contributed by atoms with Gasteiger partial charge in [0.05, 0.1) is 12.4 Å². The van der Waals surface area contributed by atoms with Gasteiger partial charge in [0, 0.05) is 21.8 Å². The predicted molar refractivity (Wildman–Crippen MR) is 123 cm³/mol. The maximum atomic E-state index is 11.8. The maximum absolute atomic E-state index is 11.8. The van der Waals surface area contributed by atoms with Crippen LogP contribution in [-0.2, 0) is 9.59 Å². The Balaban J connectivity index is 1.54. The highest BCUT2D eigenvalue weighted by Gasteiger charge is 2.02. The molecule has 2 N–H and O–H groups in total. The van der Waals surface area contributed by atoms with Gasteiger partial charge < -0.3 is 0 Å². The molecule has 0 saturated carbocycles. The van der Waals surface area contributed by atoms with Gasteiger partial charge in [0.2, 0.25) is 11.8 Å². The van der Waals surface area contributed by atoms with E-state index < -0.39 is 0 Å². The van der Waals surface area contributed by atoms with Crippen LogP contribution in [0.1, 0.15) is 43.2 Å². The number of nitrogens with one attached hydrogen (secondary N) is 2. The van der Waals surface area contributed by atoms with Gasteiger partial charge in [0.1, 0.15) is 0 Å². The zero-order valence-electron chi connectivity index (χ0n) is 15.8. The number of carbonyl (C=O) groups is 2. The van der Waals surface area contributed by atoms with Crippen molar-refractivity contribution in [2.24, 2.45) is 10.2 Å². The van der Waals surface area contributed by atoms with E-state index in [2.05, 4.69) is 52.9 Å². The summed E-state index contributed by atoms with van der Waals surface area (Å²) in [7, 11) is 0. The van der Waals surface area contributed by atoms with E-state index >= 15 is 0 Å². The molecular weight excluding hydrogens is 500 g/mol. The summed E-state index contributed by atoms with van der Waals surface area (Å²) in [5.41, 5.74) is 6.82. The first-order chi connectivity index (χ1) is 14.0. The molecule has 0 bridgehead atoms. The normalized spacial score (nSPS) is 11.1. The number of halogens is 2. The molecule has 2 amide bonds. The van der Waals surface area contributed by atoms with Gasteiger partial charge in [0.15, 0.2) is 0 Å². The number of amides is 2. The van der Waals surface area contributed by atoms with Gasteiger partial charge in [-0.15, -0.1) is 0 Å². The number of unbranched alkanes of at least 4 members (excludes halogenated alkanes) is 2. The lowest BCUT2D eigenvalue weighted by molar-refractivity contribution is -0.121. The third-order valence-corrected chi connectivity index (χ3v) is 4.80. The Morgan fingerprint density at radius 2 is 1.21 bits per heavy atom. The van der Waals surface area contributed by atoms with Crippen molar-refractivity contribution in [1.82, 2.24) is 10.9 Å². The minimum atomic E-state index is -0.140. The Kier molecular flexibility index (Phi) is 10.3. The average molecular weight is 522 g/mol. The van der Waals surface area contributed by atoms with E-state index in [1.54, 1.807) is 12.4 Å². The SMILES string of the molecule is O=C(CCCCCC(=O)NN=Cc1cccc(Br)c1)NN=Cc1cccc(Br)c1. The summed E-state index contributed by atoms with van der Waals surface area (Å²) in [6.45, 7) is 0.